The van der Waals surface area contributed by atoms with E-state index < -0.39 is 23.9 Å². The predicted octanol–water partition coefficient (Wildman–Crippen LogP) is 7.69. The maximum atomic E-state index is 12.6. The van der Waals surface area contributed by atoms with Crippen LogP contribution in [-0.2, 0) is 19.2 Å². The van der Waals surface area contributed by atoms with Crippen LogP contribution in [-0.4, -0.2) is 23.9 Å². The van der Waals surface area contributed by atoms with Gasteiger partial charge in [0.25, 0.3) is 0 Å². The smallest absolute Gasteiger partial charge is 0.338 e. The lowest BCUT2D eigenvalue weighted by Crippen LogP contribution is -2.11. The number of ether oxygens (including phenoxy) is 4. The van der Waals surface area contributed by atoms with Gasteiger partial charge in [0.2, 0.25) is 0 Å². The highest BCUT2D eigenvalue weighted by atomic mass is 16.6. The predicted molar refractivity (Wildman–Crippen MR) is 194 cm³/mol. The summed E-state index contributed by atoms with van der Waals surface area (Å²) in [5.74, 6) is 10.1. The monoisotopic (exact) mass is 676 g/mol. The Kier molecular flexibility index (Phi) is 12.1. The van der Waals surface area contributed by atoms with E-state index in [2.05, 4.69) is 50.0 Å². The summed E-state index contributed by atoms with van der Waals surface area (Å²) in [6, 6.07) is 23.9. The maximum Gasteiger partial charge on any atom is 0.338 e. The first-order valence-corrected chi connectivity index (χ1v) is 15.3. The van der Waals surface area contributed by atoms with Crippen molar-refractivity contribution in [2.75, 3.05) is 0 Å². The Bertz CT molecular complexity index is 2200. The van der Waals surface area contributed by atoms with E-state index in [-0.39, 0.29) is 28.2 Å². The number of carbonyl (C=O) groups excluding carboxylic acids is 4. The quantitative estimate of drug-likeness (QED) is 0.0769. The molecule has 4 rings (SSSR count). The molecule has 0 spiro atoms. The topological polar surface area (TPSA) is 105 Å². The van der Waals surface area contributed by atoms with Gasteiger partial charge in [-0.15, -0.1) is 0 Å². The van der Waals surface area contributed by atoms with Crippen molar-refractivity contribution in [2.45, 2.75) is 20.8 Å². The number of esters is 4. The first kappa shape index (κ1) is 36.7. The van der Waals surface area contributed by atoms with Crippen LogP contribution >= 0.6 is 0 Å². The average molecular weight is 677 g/mol. The fourth-order valence-electron chi connectivity index (χ4n) is 4.02. The van der Waals surface area contributed by atoms with Crippen molar-refractivity contribution in [2.24, 2.45) is 0 Å². The van der Waals surface area contributed by atoms with Crippen molar-refractivity contribution in [1.82, 2.24) is 0 Å². The van der Waals surface area contributed by atoms with Crippen molar-refractivity contribution in [3.8, 4) is 57.8 Å². The van der Waals surface area contributed by atoms with Gasteiger partial charge in [-0.1, -0.05) is 74.3 Å². The summed E-state index contributed by atoms with van der Waals surface area (Å²) in [4.78, 5) is 48.6. The van der Waals surface area contributed by atoms with E-state index >= 15 is 0 Å². The average Bonchev–Trinajstić information content (AvgIpc) is 3.11. The molecule has 0 radical (unpaired) electrons. The van der Waals surface area contributed by atoms with Crippen LogP contribution in [0.3, 0.4) is 0 Å². The van der Waals surface area contributed by atoms with Crippen LogP contribution in [0.5, 0.6) is 23.0 Å². The molecule has 0 atom stereocenters. The van der Waals surface area contributed by atoms with Gasteiger partial charge in [-0.2, -0.15) is 0 Å². The number of hydrogen-bond acceptors (Lipinski definition) is 8. The maximum absolute atomic E-state index is 12.6. The van der Waals surface area contributed by atoms with Gasteiger partial charge in [-0.3, -0.25) is 0 Å². The highest BCUT2D eigenvalue weighted by Gasteiger charge is 2.17. The summed E-state index contributed by atoms with van der Waals surface area (Å²) >= 11 is 0. The summed E-state index contributed by atoms with van der Waals surface area (Å²) in [5.41, 5.74) is 4.19. The molecule has 0 saturated heterocycles. The number of carbonyl (C=O) groups is 4. The highest BCUT2D eigenvalue weighted by Crippen LogP contribution is 2.31. The Morgan fingerprint density at radius 3 is 1.35 bits per heavy atom. The molecule has 0 unspecified atom stereocenters. The summed E-state index contributed by atoms with van der Waals surface area (Å²) in [7, 11) is 0. The lowest BCUT2D eigenvalue weighted by molar-refractivity contribution is -0.131. The zero-order valence-electron chi connectivity index (χ0n) is 28.3. The normalized spacial score (nSPS) is 9.78. The molecule has 0 bridgehead atoms. The Balaban J connectivity index is 1.66. The molecular formula is C43H32O8. The third kappa shape index (κ3) is 10.4. The fourth-order valence-corrected chi connectivity index (χ4v) is 4.02. The summed E-state index contributed by atoms with van der Waals surface area (Å²) in [6.07, 6.45) is 0.990. The number of rotatable bonds is 9. The Hall–Kier alpha value is -7.16. The van der Waals surface area contributed by atoms with E-state index in [1.54, 1.807) is 50.2 Å². The van der Waals surface area contributed by atoms with E-state index in [1.165, 1.54) is 19.1 Å². The second-order valence-electron chi connectivity index (χ2n) is 11.1. The standard InChI is InChI=1S/C43H32O8/c1-8-40(44)50-38-25-32(10-9-30-11-16-33(17-12-30)34-18-22-36(23-19-34)49-42(46)28(4)5)26-39(51-43(47)29(6)7)37(38)24-15-31-13-20-35(21-14-31)48-41(45)27(2)3/h8,11-14,16-23,25-26H,1-2,4,6H2,3,5,7H3. The van der Waals surface area contributed by atoms with Crippen molar-refractivity contribution in [3.05, 3.63) is 156 Å². The molecule has 0 heterocycles. The second-order valence-corrected chi connectivity index (χ2v) is 11.1. The van der Waals surface area contributed by atoms with Crippen LogP contribution in [0.1, 0.15) is 43.0 Å². The minimum atomic E-state index is -0.762. The number of benzene rings is 4. The molecule has 4 aromatic carbocycles. The van der Waals surface area contributed by atoms with E-state index in [4.69, 9.17) is 18.9 Å². The molecule has 0 aromatic heterocycles. The Morgan fingerprint density at radius 1 is 0.510 bits per heavy atom. The Labute approximate surface area is 296 Å². The molecule has 0 aliphatic rings. The molecule has 0 fully saturated rings. The van der Waals surface area contributed by atoms with Crippen molar-refractivity contribution >= 4 is 23.9 Å². The fraction of sp³-hybridized carbons (Fsp3) is 0.0698. The van der Waals surface area contributed by atoms with Gasteiger partial charge in [0.05, 0.1) is 0 Å². The third-order valence-corrected chi connectivity index (χ3v) is 6.72. The van der Waals surface area contributed by atoms with Gasteiger partial charge in [0, 0.05) is 39.5 Å². The summed E-state index contributed by atoms with van der Waals surface area (Å²) < 4.78 is 21.6. The van der Waals surface area contributed by atoms with Gasteiger partial charge in [0.1, 0.15) is 17.1 Å². The SMILES string of the molecule is C=CC(=O)Oc1cc(C#Cc2ccc(-c3ccc(OC(=O)C(=C)C)cc3)cc2)cc(OC(=O)C(=C)C)c1C#Cc1ccc(OC(=O)C(=C)C)cc1. The van der Waals surface area contributed by atoms with Gasteiger partial charge >= 0.3 is 23.9 Å². The van der Waals surface area contributed by atoms with Crippen molar-refractivity contribution in [3.63, 3.8) is 0 Å². The Morgan fingerprint density at radius 2 is 0.882 bits per heavy atom. The molecule has 0 N–H and O–H groups in total. The summed E-state index contributed by atoms with van der Waals surface area (Å²) in [6.45, 7) is 18.9. The zero-order chi connectivity index (χ0) is 37.1. The second kappa shape index (κ2) is 16.8. The lowest BCUT2D eigenvalue weighted by atomic mass is 10.0. The molecule has 0 aliphatic carbocycles. The largest absolute Gasteiger partial charge is 0.423 e. The molecule has 0 aliphatic heterocycles. The molecule has 4 aromatic rings. The van der Waals surface area contributed by atoms with Gasteiger partial charge in [-0.05, 0) is 92.6 Å². The molecule has 0 amide bonds. The van der Waals surface area contributed by atoms with Crippen LogP contribution in [0.4, 0.5) is 0 Å². The minimum Gasteiger partial charge on any atom is -0.423 e. The zero-order valence-corrected chi connectivity index (χ0v) is 28.3. The third-order valence-electron chi connectivity index (χ3n) is 6.72. The van der Waals surface area contributed by atoms with E-state index in [0.717, 1.165) is 17.2 Å². The van der Waals surface area contributed by atoms with Crippen LogP contribution in [0.25, 0.3) is 11.1 Å². The van der Waals surface area contributed by atoms with Crippen molar-refractivity contribution in [1.29, 1.82) is 0 Å². The van der Waals surface area contributed by atoms with Crippen molar-refractivity contribution < 1.29 is 38.1 Å². The molecule has 0 saturated carbocycles. The van der Waals surface area contributed by atoms with Gasteiger partial charge in [-0.25, -0.2) is 19.2 Å². The first-order chi connectivity index (χ1) is 24.3. The van der Waals surface area contributed by atoms with E-state index in [0.29, 0.717) is 33.8 Å². The lowest BCUT2D eigenvalue weighted by Gasteiger charge is -2.12. The van der Waals surface area contributed by atoms with Gasteiger partial charge in [0.15, 0.2) is 11.5 Å². The van der Waals surface area contributed by atoms with E-state index in [9.17, 15) is 19.2 Å². The van der Waals surface area contributed by atoms with Crippen LogP contribution in [0.2, 0.25) is 0 Å². The molecular weight excluding hydrogens is 644 g/mol. The van der Waals surface area contributed by atoms with Gasteiger partial charge < -0.3 is 18.9 Å². The number of hydrogen-bond donors (Lipinski definition) is 0. The molecule has 8 heteroatoms. The minimum absolute atomic E-state index is 0.00565. The first-order valence-electron chi connectivity index (χ1n) is 15.3. The van der Waals surface area contributed by atoms with Crippen LogP contribution < -0.4 is 18.9 Å². The molecule has 252 valence electrons. The highest BCUT2D eigenvalue weighted by molar-refractivity contribution is 5.90. The molecule has 8 nitrogen and oxygen atoms in total. The van der Waals surface area contributed by atoms with Crippen LogP contribution in [0.15, 0.2) is 134 Å². The van der Waals surface area contributed by atoms with E-state index in [1.807, 2.05) is 36.4 Å². The molecule has 51 heavy (non-hydrogen) atoms. The summed E-state index contributed by atoms with van der Waals surface area (Å²) in [5, 5.41) is 0. The van der Waals surface area contributed by atoms with Crippen LogP contribution in [0, 0.1) is 23.7 Å².